The van der Waals surface area contributed by atoms with E-state index in [1.807, 2.05) is 13.8 Å². The lowest BCUT2D eigenvalue weighted by Gasteiger charge is -2.06. The molecule has 0 saturated heterocycles. The summed E-state index contributed by atoms with van der Waals surface area (Å²) < 4.78 is 9.47. The summed E-state index contributed by atoms with van der Waals surface area (Å²) in [5, 5.41) is 0. The molecular formula is C11H18O4. The number of carbonyl (C=O) groups is 2. The summed E-state index contributed by atoms with van der Waals surface area (Å²) in [5.74, 6) is -0.639. The van der Waals surface area contributed by atoms with E-state index in [1.54, 1.807) is 0 Å². The van der Waals surface area contributed by atoms with E-state index >= 15 is 0 Å². The fourth-order valence-corrected chi connectivity index (χ4v) is 0.780. The molecule has 0 radical (unpaired) electrons. The zero-order valence-electron chi connectivity index (χ0n) is 9.32. The van der Waals surface area contributed by atoms with Gasteiger partial charge in [-0.25, -0.2) is 0 Å². The molecule has 0 aliphatic rings. The summed E-state index contributed by atoms with van der Waals surface area (Å²) in [6.07, 6.45) is 1.92. The van der Waals surface area contributed by atoms with Crippen molar-refractivity contribution >= 4 is 11.9 Å². The van der Waals surface area contributed by atoms with Crippen molar-refractivity contribution in [3.8, 4) is 0 Å². The van der Waals surface area contributed by atoms with Crippen molar-refractivity contribution in [1.29, 1.82) is 0 Å². The lowest BCUT2D eigenvalue weighted by molar-refractivity contribution is -0.154. The minimum Gasteiger partial charge on any atom is -0.465 e. The fourth-order valence-electron chi connectivity index (χ4n) is 0.780. The highest BCUT2D eigenvalue weighted by Crippen LogP contribution is 2.00. The van der Waals surface area contributed by atoms with E-state index in [9.17, 15) is 9.59 Å². The van der Waals surface area contributed by atoms with Crippen molar-refractivity contribution in [2.45, 2.75) is 26.7 Å². The standard InChI is InChI=1S/C11H18O4/c1-4-6-14-10(12)8-11(13)15-7-5-9(2)3/h4,9H,1,5-8H2,2-3H3. The maximum atomic E-state index is 11.0. The monoisotopic (exact) mass is 214 g/mol. The van der Waals surface area contributed by atoms with Gasteiger partial charge in [0.15, 0.2) is 0 Å². The van der Waals surface area contributed by atoms with E-state index in [4.69, 9.17) is 4.74 Å². The molecule has 0 amide bonds. The topological polar surface area (TPSA) is 52.6 Å². The maximum absolute atomic E-state index is 11.0. The van der Waals surface area contributed by atoms with Crippen LogP contribution >= 0.6 is 0 Å². The third kappa shape index (κ3) is 9.00. The average molecular weight is 214 g/mol. The lowest BCUT2D eigenvalue weighted by atomic mass is 10.1. The van der Waals surface area contributed by atoms with Crippen LogP contribution in [0.2, 0.25) is 0 Å². The largest absolute Gasteiger partial charge is 0.465 e. The van der Waals surface area contributed by atoms with E-state index in [2.05, 4.69) is 11.3 Å². The zero-order valence-corrected chi connectivity index (χ0v) is 9.32. The number of rotatable bonds is 7. The van der Waals surface area contributed by atoms with Crippen LogP contribution in [0.15, 0.2) is 12.7 Å². The van der Waals surface area contributed by atoms with Gasteiger partial charge in [0.2, 0.25) is 0 Å². The summed E-state index contributed by atoms with van der Waals surface area (Å²) in [6, 6.07) is 0. The van der Waals surface area contributed by atoms with Crippen molar-refractivity contribution in [3.63, 3.8) is 0 Å². The summed E-state index contributed by atoms with van der Waals surface area (Å²) in [4.78, 5) is 22.0. The Hall–Kier alpha value is -1.32. The molecule has 0 heterocycles. The normalized spacial score (nSPS) is 9.80. The van der Waals surface area contributed by atoms with Crippen LogP contribution in [0.3, 0.4) is 0 Å². The zero-order chi connectivity index (χ0) is 11.7. The number of hydrogen-bond acceptors (Lipinski definition) is 4. The molecule has 4 nitrogen and oxygen atoms in total. The maximum Gasteiger partial charge on any atom is 0.317 e. The molecule has 0 bridgehead atoms. The van der Waals surface area contributed by atoms with Crippen LogP contribution in [-0.4, -0.2) is 25.2 Å². The third-order valence-electron chi connectivity index (χ3n) is 1.61. The molecule has 0 unspecified atom stereocenters. The molecule has 86 valence electrons. The quantitative estimate of drug-likeness (QED) is 0.367. The van der Waals surface area contributed by atoms with Gasteiger partial charge >= 0.3 is 11.9 Å². The minimum absolute atomic E-state index is 0.123. The van der Waals surface area contributed by atoms with Gasteiger partial charge in [-0.15, -0.1) is 0 Å². The highest BCUT2D eigenvalue weighted by molar-refractivity contribution is 5.91. The Labute approximate surface area is 90.2 Å². The van der Waals surface area contributed by atoms with Gasteiger partial charge in [0.05, 0.1) is 6.61 Å². The van der Waals surface area contributed by atoms with Crippen LogP contribution in [0.1, 0.15) is 26.7 Å². The molecule has 0 aliphatic carbocycles. The molecule has 0 aromatic rings. The first-order valence-corrected chi connectivity index (χ1v) is 4.98. The Morgan fingerprint density at radius 1 is 1.27 bits per heavy atom. The summed E-state index contributed by atoms with van der Waals surface area (Å²) in [5.41, 5.74) is 0. The van der Waals surface area contributed by atoms with Gasteiger partial charge in [0.1, 0.15) is 13.0 Å². The van der Waals surface area contributed by atoms with E-state index in [0.29, 0.717) is 12.5 Å². The summed E-state index contributed by atoms with van der Waals surface area (Å²) >= 11 is 0. The second kappa shape index (κ2) is 8.03. The second-order valence-corrected chi connectivity index (χ2v) is 3.55. The number of hydrogen-bond donors (Lipinski definition) is 0. The SMILES string of the molecule is C=CCOC(=O)CC(=O)OCCC(C)C. The van der Waals surface area contributed by atoms with Crippen LogP contribution < -0.4 is 0 Å². The van der Waals surface area contributed by atoms with Gasteiger partial charge in [0.25, 0.3) is 0 Å². The summed E-state index contributed by atoms with van der Waals surface area (Å²) in [7, 11) is 0. The lowest BCUT2D eigenvalue weighted by Crippen LogP contribution is -2.15. The first-order valence-electron chi connectivity index (χ1n) is 4.98. The molecule has 0 fully saturated rings. The van der Waals surface area contributed by atoms with Crippen LogP contribution in [0.4, 0.5) is 0 Å². The molecule has 0 atom stereocenters. The van der Waals surface area contributed by atoms with Crippen molar-refractivity contribution < 1.29 is 19.1 Å². The van der Waals surface area contributed by atoms with Crippen molar-refractivity contribution in [2.24, 2.45) is 5.92 Å². The van der Waals surface area contributed by atoms with Crippen molar-refractivity contribution in [1.82, 2.24) is 0 Å². The van der Waals surface area contributed by atoms with Crippen molar-refractivity contribution in [3.05, 3.63) is 12.7 Å². The number of esters is 2. The highest BCUT2D eigenvalue weighted by atomic mass is 16.6. The Bertz CT molecular complexity index is 221. The predicted molar refractivity (Wildman–Crippen MR) is 56.2 cm³/mol. The molecule has 4 heteroatoms. The van der Waals surface area contributed by atoms with E-state index in [1.165, 1.54) is 6.08 Å². The smallest absolute Gasteiger partial charge is 0.317 e. The van der Waals surface area contributed by atoms with Gasteiger partial charge in [-0.2, -0.15) is 0 Å². The minimum atomic E-state index is -0.579. The molecule has 0 rings (SSSR count). The molecule has 15 heavy (non-hydrogen) atoms. The third-order valence-corrected chi connectivity index (χ3v) is 1.61. The number of ether oxygens (including phenoxy) is 2. The molecule has 0 spiro atoms. The Morgan fingerprint density at radius 3 is 2.40 bits per heavy atom. The van der Waals surface area contributed by atoms with E-state index in [0.717, 1.165) is 6.42 Å². The summed E-state index contributed by atoms with van der Waals surface area (Å²) in [6.45, 7) is 7.93. The van der Waals surface area contributed by atoms with Crippen LogP contribution in [0.5, 0.6) is 0 Å². The van der Waals surface area contributed by atoms with Gasteiger partial charge in [0, 0.05) is 0 Å². The average Bonchev–Trinajstić information content (AvgIpc) is 2.14. The van der Waals surface area contributed by atoms with Gasteiger partial charge < -0.3 is 9.47 Å². The van der Waals surface area contributed by atoms with Crippen LogP contribution in [0, 0.1) is 5.92 Å². The van der Waals surface area contributed by atoms with Gasteiger partial charge in [-0.05, 0) is 12.3 Å². The molecule has 0 aromatic heterocycles. The van der Waals surface area contributed by atoms with Gasteiger partial charge in [-0.1, -0.05) is 26.5 Å². The van der Waals surface area contributed by atoms with E-state index < -0.39 is 11.9 Å². The first kappa shape index (κ1) is 13.7. The molecule has 0 saturated carbocycles. The molecular weight excluding hydrogens is 196 g/mol. The Kier molecular flexibility index (Phi) is 7.32. The van der Waals surface area contributed by atoms with Crippen LogP contribution in [0.25, 0.3) is 0 Å². The van der Waals surface area contributed by atoms with Crippen molar-refractivity contribution in [2.75, 3.05) is 13.2 Å². The van der Waals surface area contributed by atoms with E-state index in [-0.39, 0.29) is 13.0 Å². The highest BCUT2D eigenvalue weighted by Gasteiger charge is 2.11. The fraction of sp³-hybridized carbons (Fsp3) is 0.636. The number of carbonyl (C=O) groups excluding carboxylic acids is 2. The van der Waals surface area contributed by atoms with Crippen LogP contribution in [-0.2, 0) is 19.1 Å². The molecule has 0 aliphatic heterocycles. The second-order valence-electron chi connectivity index (χ2n) is 3.55. The first-order chi connectivity index (χ1) is 7.06. The predicted octanol–water partition coefficient (Wildman–Crippen LogP) is 1.70. The molecule has 0 N–H and O–H groups in total. The Balaban J connectivity index is 3.55. The molecule has 0 aromatic carbocycles. The Morgan fingerprint density at radius 2 is 1.87 bits per heavy atom. The van der Waals surface area contributed by atoms with Gasteiger partial charge in [-0.3, -0.25) is 9.59 Å².